The molecule has 0 saturated heterocycles. The third kappa shape index (κ3) is 1.76. The summed E-state index contributed by atoms with van der Waals surface area (Å²) in [4.78, 5) is 0. The highest BCUT2D eigenvalue weighted by atomic mass is 19.1. The summed E-state index contributed by atoms with van der Waals surface area (Å²) in [5.74, 6) is 0.371. The summed E-state index contributed by atoms with van der Waals surface area (Å²) < 4.78 is 13.2. The zero-order valence-corrected chi connectivity index (χ0v) is 6.79. The minimum Gasteiger partial charge on any atom is -0.225 e. The van der Waals surface area contributed by atoms with Crippen molar-refractivity contribution in [1.82, 2.24) is 15.0 Å². The number of halogens is 1. The highest BCUT2D eigenvalue weighted by molar-refractivity contribution is 4.99. The molecule has 0 amide bonds. The molecule has 0 aliphatic heterocycles. The van der Waals surface area contributed by atoms with E-state index < -0.39 is 6.80 Å². The monoisotopic (exact) mass is 157 g/mol. The Balaban J connectivity index is 2.71. The molecule has 0 spiro atoms. The topological polar surface area (TPSA) is 30.7 Å². The zero-order chi connectivity index (χ0) is 8.27. The highest BCUT2D eigenvalue weighted by Crippen LogP contribution is 2.14. The van der Waals surface area contributed by atoms with Crippen LogP contribution < -0.4 is 0 Å². The Morgan fingerprint density at radius 2 is 2.45 bits per heavy atom. The molecule has 1 rings (SSSR count). The molecule has 1 aromatic rings. The van der Waals surface area contributed by atoms with Crippen molar-refractivity contribution in [3.8, 4) is 0 Å². The highest BCUT2D eigenvalue weighted by Gasteiger charge is 2.06. The second-order valence-electron chi connectivity index (χ2n) is 2.61. The lowest BCUT2D eigenvalue weighted by Gasteiger charge is -2.00. The van der Waals surface area contributed by atoms with Crippen molar-refractivity contribution >= 4 is 0 Å². The molecule has 0 N–H and O–H groups in total. The largest absolute Gasteiger partial charge is 0.225 e. The van der Waals surface area contributed by atoms with Crippen LogP contribution in [0.25, 0.3) is 0 Å². The van der Waals surface area contributed by atoms with E-state index in [1.54, 1.807) is 6.20 Å². The predicted molar refractivity (Wildman–Crippen MR) is 39.8 cm³/mol. The number of hydrogen-bond donors (Lipinski definition) is 0. The van der Waals surface area contributed by atoms with Crippen molar-refractivity contribution in [2.45, 2.75) is 33.0 Å². The molecule has 62 valence electrons. The van der Waals surface area contributed by atoms with E-state index in [1.165, 1.54) is 4.68 Å². The molecule has 11 heavy (non-hydrogen) atoms. The van der Waals surface area contributed by atoms with E-state index in [0.717, 1.165) is 12.1 Å². The van der Waals surface area contributed by atoms with Crippen molar-refractivity contribution in [3.63, 3.8) is 0 Å². The van der Waals surface area contributed by atoms with E-state index in [0.29, 0.717) is 5.92 Å². The maximum absolute atomic E-state index is 12.0. The molecule has 0 fully saturated rings. The van der Waals surface area contributed by atoms with Gasteiger partial charge in [-0.3, -0.25) is 0 Å². The van der Waals surface area contributed by atoms with Crippen LogP contribution in [0.5, 0.6) is 0 Å². The Morgan fingerprint density at radius 3 is 2.91 bits per heavy atom. The molecular formula is C7H12FN3. The molecule has 0 aromatic carbocycles. The summed E-state index contributed by atoms with van der Waals surface area (Å²) in [6, 6.07) is 0. The first-order valence-electron chi connectivity index (χ1n) is 3.74. The predicted octanol–water partition coefficient (Wildman–Crippen LogP) is 1.72. The number of alkyl halides is 1. The summed E-state index contributed by atoms with van der Waals surface area (Å²) in [6.07, 6.45) is 2.65. The number of nitrogens with zero attached hydrogens (tertiary/aromatic N) is 3. The molecule has 0 aliphatic carbocycles. The molecular weight excluding hydrogens is 145 g/mol. The van der Waals surface area contributed by atoms with Gasteiger partial charge in [0.05, 0.1) is 11.9 Å². The number of aromatic nitrogens is 3. The Morgan fingerprint density at radius 1 is 1.73 bits per heavy atom. The van der Waals surface area contributed by atoms with Gasteiger partial charge in [0, 0.05) is 5.92 Å². The Hall–Kier alpha value is -0.930. The lowest BCUT2D eigenvalue weighted by atomic mass is 10.1. The third-order valence-corrected chi connectivity index (χ3v) is 1.80. The van der Waals surface area contributed by atoms with E-state index in [9.17, 15) is 4.39 Å². The van der Waals surface area contributed by atoms with Crippen LogP contribution in [0.3, 0.4) is 0 Å². The van der Waals surface area contributed by atoms with E-state index in [4.69, 9.17) is 0 Å². The minimum absolute atomic E-state index is 0.371. The summed E-state index contributed by atoms with van der Waals surface area (Å²) in [6.45, 7) is 3.52. The molecule has 3 nitrogen and oxygen atoms in total. The first-order valence-corrected chi connectivity index (χ1v) is 3.74. The van der Waals surface area contributed by atoms with Crippen molar-refractivity contribution < 1.29 is 4.39 Å². The van der Waals surface area contributed by atoms with Crippen LogP contribution in [0.4, 0.5) is 4.39 Å². The molecule has 1 atom stereocenters. The van der Waals surface area contributed by atoms with Gasteiger partial charge in [-0.05, 0) is 6.42 Å². The molecule has 0 aliphatic rings. The maximum atomic E-state index is 12.0. The van der Waals surface area contributed by atoms with E-state index in [2.05, 4.69) is 17.2 Å². The molecule has 1 aromatic heterocycles. The smallest absolute Gasteiger partial charge is 0.183 e. The second-order valence-corrected chi connectivity index (χ2v) is 2.61. The molecule has 0 radical (unpaired) electrons. The first kappa shape index (κ1) is 8.17. The van der Waals surface area contributed by atoms with E-state index in [-0.39, 0.29) is 0 Å². The molecule has 4 heteroatoms. The van der Waals surface area contributed by atoms with Gasteiger partial charge in [0.1, 0.15) is 0 Å². The van der Waals surface area contributed by atoms with Gasteiger partial charge >= 0.3 is 0 Å². The summed E-state index contributed by atoms with van der Waals surface area (Å²) in [5, 5.41) is 7.43. The third-order valence-electron chi connectivity index (χ3n) is 1.80. The van der Waals surface area contributed by atoms with Gasteiger partial charge in [-0.1, -0.05) is 19.1 Å². The van der Waals surface area contributed by atoms with Crippen molar-refractivity contribution in [1.29, 1.82) is 0 Å². The lowest BCUT2D eigenvalue weighted by molar-refractivity contribution is 0.343. The molecule has 1 heterocycles. The van der Waals surface area contributed by atoms with Crippen LogP contribution in [-0.4, -0.2) is 15.0 Å². The van der Waals surface area contributed by atoms with Gasteiger partial charge in [-0.15, -0.1) is 5.10 Å². The maximum Gasteiger partial charge on any atom is 0.183 e. The SMILES string of the molecule is CCC(C)c1cn(CF)nn1. The first-order chi connectivity index (χ1) is 5.27. The molecule has 0 saturated carbocycles. The standard InChI is InChI=1S/C7H12FN3/c1-3-6(2)7-4-11(5-8)10-9-7/h4,6H,3,5H2,1-2H3. The fourth-order valence-corrected chi connectivity index (χ4v) is 0.807. The zero-order valence-electron chi connectivity index (χ0n) is 6.79. The molecule has 1 unspecified atom stereocenters. The fourth-order valence-electron chi connectivity index (χ4n) is 0.807. The van der Waals surface area contributed by atoms with Crippen LogP contribution in [0.2, 0.25) is 0 Å². The van der Waals surface area contributed by atoms with Crippen molar-refractivity contribution in [2.24, 2.45) is 0 Å². The summed E-state index contributed by atoms with van der Waals surface area (Å²) in [7, 11) is 0. The van der Waals surface area contributed by atoms with Crippen LogP contribution in [0.15, 0.2) is 6.20 Å². The fraction of sp³-hybridized carbons (Fsp3) is 0.714. The number of rotatable bonds is 3. The normalized spacial score (nSPS) is 13.4. The van der Waals surface area contributed by atoms with E-state index >= 15 is 0 Å². The Labute approximate surface area is 65.2 Å². The Bertz CT molecular complexity index is 221. The van der Waals surface area contributed by atoms with Crippen LogP contribution in [0, 0.1) is 0 Å². The summed E-state index contributed by atoms with van der Waals surface area (Å²) >= 11 is 0. The lowest BCUT2D eigenvalue weighted by Crippen LogP contribution is -1.92. The van der Waals surface area contributed by atoms with Gasteiger partial charge in [0.25, 0.3) is 0 Å². The Kier molecular flexibility index (Phi) is 2.57. The number of hydrogen-bond acceptors (Lipinski definition) is 2. The van der Waals surface area contributed by atoms with Gasteiger partial charge < -0.3 is 0 Å². The van der Waals surface area contributed by atoms with Crippen molar-refractivity contribution in [2.75, 3.05) is 0 Å². The van der Waals surface area contributed by atoms with Gasteiger partial charge in [0.15, 0.2) is 6.80 Å². The molecule has 0 bridgehead atoms. The van der Waals surface area contributed by atoms with Gasteiger partial charge in [0.2, 0.25) is 0 Å². The van der Waals surface area contributed by atoms with Crippen LogP contribution in [-0.2, 0) is 6.80 Å². The van der Waals surface area contributed by atoms with Crippen molar-refractivity contribution in [3.05, 3.63) is 11.9 Å². The minimum atomic E-state index is -0.594. The van der Waals surface area contributed by atoms with Crippen LogP contribution >= 0.6 is 0 Å². The second kappa shape index (κ2) is 3.46. The van der Waals surface area contributed by atoms with Gasteiger partial charge in [-0.2, -0.15) is 0 Å². The quantitative estimate of drug-likeness (QED) is 0.668. The van der Waals surface area contributed by atoms with Crippen LogP contribution in [0.1, 0.15) is 31.9 Å². The summed E-state index contributed by atoms with van der Waals surface area (Å²) in [5.41, 5.74) is 0.866. The van der Waals surface area contributed by atoms with Gasteiger partial charge in [-0.25, -0.2) is 9.07 Å². The van der Waals surface area contributed by atoms with E-state index in [1.807, 2.05) is 6.92 Å². The average Bonchev–Trinajstić information content (AvgIpc) is 2.50. The average molecular weight is 157 g/mol.